The van der Waals surface area contributed by atoms with E-state index in [-0.39, 0.29) is 12.5 Å². The standard InChI is InChI=1S/C13H26O6/c1-6-9(3)18-19-13(4,12(16)17-5)10(7-2)8-11(14)15/h9-10,12,16H,6-8H2,1-5H3,(H,14,15)/t9?,10?,12-,13?/m0/s1. The Morgan fingerprint density at radius 2 is 1.89 bits per heavy atom. The summed E-state index contributed by atoms with van der Waals surface area (Å²) in [5.41, 5.74) is -1.23. The summed E-state index contributed by atoms with van der Waals surface area (Å²) in [5, 5.41) is 18.9. The zero-order chi connectivity index (χ0) is 15.1. The maximum Gasteiger partial charge on any atom is 0.303 e. The second kappa shape index (κ2) is 8.47. The number of aliphatic hydroxyl groups excluding tert-OH is 1. The molecule has 0 saturated carbocycles. The molecule has 0 aromatic carbocycles. The highest BCUT2D eigenvalue weighted by atomic mass is 17.2. The minimum Gasteiger partial charge on any atom is -0.481 e. The average Bonchev–Trinajstić information content (AvgIpc) is 2.40. The summed E-state index contributed by atoms with van der Waals surface area (Å²) in [6.07, 6.45) is -0.272. The predicted molar refractivity (Wildman–Crippen MR) is 69.4 cm³/mol. The zero-order valence-corrected chi connectivity index (χ0v) is 12.4. The van der Waals surface area contributed by atoms with Gasteiger partial charge in [-0.1, -0.05) is 13.8 Å². The number of carboxylic acids is 1. The van der Waals surface area contributed by atoms with Crippen LogP contribution < -0.4 is 0 Å². The van der Waals surface area contributed by atoms with Gasteiger partial charge in [0.1, 0.15) is 0 Å². The molecule has 0 heterocycles. The molecule has 114 valence electrons. The Balaban J connectivity index is 4.96. The quantitative estimate of drug-likeness (QED) is 0.361. The largest absolute Gasteiger partial charge is 0.481 e. The number of ether oxygens (including phenoxy) is 1. The molecule has 0 rings (SSSR count). The molecule has 0 radical (unpaired) electrons. The third-order valence-corrected chi connectivity index (χ3v) is 3.40. The van der Waals surface area contributed by atoms with Gasteiger partial charge in [-0.05, 0) is 26.7 Å². The van der Waals surface area contributed by atoms with Crippen LogP contribution in [0.25, 0.3) is 0 Å². The highest BCUT2D eigenvalue weighted by Gasteiger charge is 2.44. The summed E-state index contributed by atoms with van der Waals surface area (Å²) in [7, 11) is 1.34. The molecule has 0 amide bonds. The van der Waals surface area contributed by atoms with E-state index in [9.17, 15) is 9.90 Å². The Labute approximate surface area is 114 Å². The fourth-order valence-electron chi connectivity index (χ4n) is 1.76. The van der Waals surface area contributed by atoms with Crippen molar-refractivity contribution in [2.45, 2.75) is 65.0 Å². The smallest absolute Gasteiger partial charge is 0.303 e. The van der Waals surface area contributed by atoms with Gasteiger partial charge in [-0.25, -0.2) is 9.78 Å². The van der Waals surface area contributed by atoms with E-state index in [0.29, 0.717) is 6.42 Å². The lowest BCUT2D eigenvalue weighted by atomic mass is 9.83. The maximum atomic E-state index is 10.9. The van der Waals surface area contributed by atoms with Gasteiger partial charge in [0.05, 0.1) is 12.5 Å². The lowest BCUT2D eigenvalue weighted by Crippen LogP contribution is -2.50. The van der Waals surface area contributed by atoms with Crippen LogP contribution in [0.1, 0.15) is 47.0 Å². The van der Waals surface area contributed by atoms with E-state index in [1.54, 1.807) is 6.92 Å². The molecule has 0 spiro atoms. The molecule has 0 aromatic heterocycles. The van der Waals surface area contributed by atoms with Crippen molar-refractivity contribution in [3.05, 3.63) is 0 Å². The molecule has 4 atom stereocenters. The SMILES string of the molecule is CCC(C)OOC(C)(C(CC)CC(=O)O)[C@@H](O)OC. The summed E-state index contributed by atoms with van der Waals surface area (Å²) < 4.78 is 4.90. The van der Waals surface area contributed by atoms with E-state index < -0.39 is 23.8 Å². The molecule has 0 aliphatic rings. The third-order valence-electron chi connectivity index (χ3n) is 3.40. The summed E-state index contributed by atoms with van der Waals surface area (Å²) in [5.74, 6) is -1.38. The molecular weight excluding hydrogens is 252 g/mol. The van der Waals surface area contributed by atoms with Crippen LogP contribution in [0.15, 0.2) is 0 Å². The van der Waals surface area contributed by atoms with Crippen molar-refractivity contribution in [2.75, 3.05) is 7.11 Å². The number of carbonyl (C=O) groups is 1. The van der Waals surface area contributed by atoms with Gasteiger partial charge >= 0.3 is 5.97 Å². The highest BCUT2D eigenvalue weighted by molar-refractivity contribution is 5.67. The Bertz CT molecular complexity index is 270. The minimum atomic E-state index is -1.26. The Kier molecular flexibility index (Phi) is 8.17. The van der Waals surface area contributed by atoms with E-state index in [4.69, 9.17) is 19.6 Å². The number of aliphatic carboxylic acids is 1. The Hall–Kier alpha value is -0.690. The van der Waals surface area contributed by atoms with Crippen LogP contribution in [0.2, 0.25) is 0 Å². The summed E-state index contributed by atoms with van der Waals surface area (Å²) in [4.78, 5) is 21.5. The molecule has 0 aliphatic heterocycles. The van der Waals surface area contributed by atoms with Gasteiger partial charge in [0, 0.05) is 13.0 Å². The first-order valence-corrected chi connectivity index (χ1v) is 6.58. The van der Waals surface area contributed by atoms with E-state index in [0.717, 1.165) is 6.42 Å². The number of hydrogen-bond donors (Lipinski definition) is 2. The van der Waals surface area contributed by atoms with E-state index in [2.05, 4.69) is 0 Å². The van der Waals surface area contributed by atoms with Crippen LogP contribution in [-0.4, -0.2) is 41.3 Å². The van der Waals surface area contributed by atoms with E-state index in [1.807, 2.05) is 20.8 Å². The van der Waals surface area contributed by atoms with Crippen molar-refractivity contribution < 1.29 is 29.5 Å². The summed E-state index contributed by atoms with van der Waals surface area (Å²) in [6.45, 7) is 7.20. The molecule has 0 aromatic rings. The summed E-state index contributed by atoms with van der Waals surface area (Å²) in [6, 6.07) is 0. The first kappa shape index (κ1) is 18.3. The number of methoxy groups -OCH3 is 1. The van der Waals surface area contributed by atoms with Crippen molar-refractivity contribution in [1.29, 1.82) is 0 Å². The predicted octanol–water partition coefficient (Wildman–Crippen LogP) is 1.96. The molecule has 0 saturated heterocycles. The average molecular weight is 278 g/mol. The number of rotatable bonds is 10. The van der Waals surface area contributed by atoms with Gasteiger partial charge in [-0.15, -0.1) is 0 Å². The normalized spacial score (nSPS) is 19.5. The van der Waals surface area contributed by atoms with Crippen molar-refractivity contribution in [3.8, 4) is 0 Å². The molecule has 0 bridgehead atoms. The highest BCUT2D eigenvalue weighted by Crippen LogP contribution is 2.32. The molecule has 0 aliphatic carbocycles. The molecular formula is C13H26O6. The van der Waals surface area contributed by atoms with Crippen LogP contribution in [0.5, 0.6) is 0 Å². The van der Waals surface area contributed by atoms with Gasteiger partial charge < -0.3 is 14.9 Å². The number of carboxylic acid groups (broad SMARTS) is 1. The molecule has 6 heteroatoms. The zero-order valence-electron chi connectivity index (χ0n) is 12.4. The van der Waals surface area contributed by atoms with Gasteiger partial charge in [0.2, 0.25) is 0 Å². The van der Waals surface area contributed by atoms with Crippen molar-refractivity contribution in [1.82, 2.24) is 0 Å². The lowest BCUT2D eigenvalue weighted by molar-refractivity contribution is -0.423. The molecule has 2 N–H and O–H groups in total. The second-order valence-electron chi connectivity index (χ2n) is 4.87. The number of aliphatic hydroxyl groups is 1. The van der Waals surface area contributed by atoms with E-state index in [1.165, 1.54) is 7.11 Å². The van der Waals surface area contributed by atoms with Crippen LogP contribution >= 0.6 is 0 Å². The van der Waals surface area contributed by atoms with Crippen LogP contribution in [0.4, 0.5) is 0 Å². The van der Waals surface area contributed by atoms with Crippen molar-refractivity contribution >= 4 is 5.97 Å². The van der Waals surface area contributed by atoms with Crippen LogP contribution in [-0.2, 0) is 19.3 Å². The first-order chi connectivity index (χ1) is 8.81. The molecule has 6 nitrogen and oxygen atoms in total. The maximum absolute atomic E-state index is 10.9. The number of hydrogen-bond acceptors (Lipinski definition) is 5. The van der Waals surface area contributed by atoms with Crippen LogP contribution in [0.3, 0.4) is 0 Å². The van der Waals surface area contributed by atoms with Crippen molar-refractivity contribution in [2.24, 2.45) is 5.92 Å². The molecule has 19 heavy (non-hydrogen) atoms. The Morgan fingerprint density at radius 3 is 2.26 bits per heavy atom. The molecule has 0 fully saturated rings. The molecule has 3 unspecified atom stereocenters. The monoisotopic (exact) mass is 278 g/mol. The second-order valence-corrected chi connectivity index (χ2v) is 4.87. The topological polar surface area (TPSA) is 85.2 Å². The van der Waals surface area contributed by atoms with Gasteiger partial charge in [0.25, 0.3) is 0 Å². The Morgan fingerprint density at radius 1 is 1.32 bits per heavy atom. The van der Waals surface area contributed by atoms with Crippen molar-refractivity contribution in [3.63, 3.8) is 0 Å². The van der Waals surface area contributed by atoms with Gasteiger partial charge in [-0.2, -0.15) is 0 Å². The van der Waals surface area contributed by atoms with Gasteiger partial charge in [0.15, 0.2) is 11.9 Å². The fraction of sp³-hybridized carbons (Fsp3) is 0.923. The van der Waals surface area contributed by atoms with Gasteiger partial charge in [-0.3, -0.25) is 4.79 Å². The minimum absolute atomic E-state index is 0.128. The van der Waals surface area contributed by atoms with Crippen LogP contribution in [0, 0.1) is 5.92 Å². The fourth-order valence-corrected chi connectivity index (χ4v) is 1.76. The van der Waals surface area contributed by atoms with E-state index >= 15 is 0 Å². The summed E-state index contributed by atoms with van der Waals surface area (Å²) >= 11 is 0. The third kappa shape index (κ3) is 5.44. The lowest BCUT2D eigenvalue weighted by Gasteiger charge is -2.38. The first-order valence-electron chi connectivity index (χ1n) is 6.58.